The summed E-state index contributed by atoms with van der Waals surface area (Å²) >= 11 is 0. The van der Waals surface area contributed by atoms with Crippen LogP contribution in [0.2, 0.25) is 0 Å². The van der Waals surface area contributed by atoms with Gasteiger partial charge in [-0.15, -0.1) is 0 Å². The SMILES string of the molecule is Cc1ccc(Cc2nc3ccc(C#N)cc3n2C)cc1C. The average molecular weight is 275 g/mol. The number of aromatic nitrogens is 2. The summed E-state index contributed by atoms with van der Waals surface area (Å²) in [6.45, 7) is 4.25. The van der Waals surface area contributed by atoms with Crippen molar-refractivity contribution in [1.29, 1.82) is 5.26 Å². The van der Waals surface area contributed by atoms with E-state index in [2.05, 4.69) is 47.7 Å². The average Bonchev–Trinajstić information content (AvgIpc) is 2.79. The Bertz CT molecular complexity index is 866. The van der Waals surface area contributed by atoms with E-state index in [0.717, 1.165) is 23.3 Å². The zero-order valence-electron chi connectivity index (χ0n) is 12.5. The van der Waals surface area contributed by atoms with Gasteiger partial charge in [-0.25, -0.2) is 4.98 Å². The van der Waals surface area contributed by atoms with E-state index in [0.29, 0.717) is 5.56 Å². The first-order valence-corrected chi connectivity index (χ1v) is 7.00. The monoisotopic (exact) mass is 275 g/mol. The van der Waals surface area contributed by atoms with Gasteiger partial charge >= 0.3 is 0 Å². The lowest BCUT2D eigenvalue weighted by molar-refractivity contribution is 0.844. The third-order valence-corrected chi connectivity index (χ3v) is 4.04. The summed E-state index contributed by atoms with van der Waals surface area (Å²) < 4.78 is 2.07. The quantitative estimate of drug-likeness (QED) is 0.716. The van der Waals surface area contributed by atoms with Gasteiger partial charge in [-0.3, -0.25) is 0 Å². The van der Waals surface area contributed by atoms with E-state index in [9.17, 15) is 0 Å². The van der Waals surface area contributed by atoms with Crippen molar-refractivity contribution in [3.8, 4) is 6.07 Å². The summed E-state index contributed by atoms with van der Waals surface area (Å²) in [5.41, 5.74) is 6.49. The van der Waals surface area contributed by atoms with Crippen LogP contribution in [0.4, 0.5) is 0 Å². The Morgan fingerprint density at radius 3 is 2.62 bits per heavy atom. The van der Waals surface area contributed by atoms with Gasteiger partial charge in [0.05, 0.1) is 22.7 Å². The number of fused-ring (bicyclic) bond motifs is 1. The molecule has 0 unspecified atom stereocenters. The highest BCUT2D eigenvalue weighted by Crippen LogP contribution is 2.19. The molecule has 0 spiro atoms. The first kappa shape index (κ1) is 13.4. The van der Waals surface area contributed by atoms with Gasteiger partial charge in [-0.05, 0) is 48.7 Å². The van der Waals surface area contributed by atoms with E-state index in [1.807, 2.05) is 25.2 Å². The minimum Gasteiger partial charge on any atom is -0.331 e. The van der Waals surface area contributed by atoms with Gasteiger partial charge < -0.3 is 4.57 Å². The van der Waals surface area contributed by atoms with Crippen LogP contribution in [0.15, 0.2) is 36.4 Å². The van der Waals surface area contributed by atoms with Gasteiger partial charge in [0.2, 0.25) is 0 Å². The lowest BCUT2D eigenvalue weighted by Gasteiger charge is -2.06. The fraction of sp³-hybridized carbons (Fsp3) is 0.222. The molecule has 3 rings (SSSR count). The zero-order chi connectivity index (χ0) is 15.0. The van der Waals surface area contributed by atoms with Crippen molar-refractivity contribution < 1.29 is 0 Å². The Kier molecular flexibility index (Phi) is 3.23. The third-order valence-electron chi connectivity index (χ3n) is 4.04. The summed E-state index contributed by atoms with van der Waals surface area (Å²) in [6, 6.07) is 14.3. The van der Waals surface area contributed by atoms with Crippen molar-refractivity contribution in [2.45, 2.75) is 20.3 Å². The molecule has 0 saturated carbocycles. The molecule has 0 amide bonds. The molecule has 0 fully saturated rings. The van der Waals surface area contributed by atoms with Crippen molar-refractivity contribution in [2.75, 3.05) is 0 Å². The summed E-state index contributed by atoms with van der Waals surface area (Å²) in [4.78, 5) is 4.69. The maximum atomic E-state index is 9.01. The number of aryl methyl sites for hydroxylation is 3. The molecular weight excluding hydrogens is 258 g/mol. The predicted molar refractivity (Wildman–Crippen MR) is 84.2 cm³/mol. The van der Waals surface area contributed by atoms with Gasteiger partial charge in [0.25, 0.3) is 0 Å². The molecule has 0 aliphatic rings. The van der Waals surface area contributed by atoms with E-state index in [-0.39, 0.29) is 0 Å². The van der Waals surface area contributed by atoms with Gasteiger partial charge in [-0.1, -0.05) is 18.2 Å². The highest BCUT2D eigenvalue weighted by atomic mass is 15.1. The lowest BCUT2D eigenvalue weighted by Crippen LogP contribution is -1.99. The lowest BCUT2D eigenvalue weighted by atomic mass is 10.0. The van der Waals surface area contributed by atoms with Gasteiger partial charge in [-0.2, -0.15) is 5.26 Å². The standard InChI is InChI=1S/C18H17N3/c1-12-4-5-14(8-13(12)2)10-18-20-16-7-6-15(11-19)9-17(16)21(18)3/h4-9H,10H2,1-3H3. The summed E-state index contributed by atoms with van der Waals surface area (Å²) in [5.74, 6) is 1.02. The summed E-state index contributed by atoms with van der Waals surface area (Å²) in [6.07, 6.45) is 0.800. The first-order valence-electron chi connectivity index (χ1n) is 7.00. The molecule has 0 atom stereocenters. The molecule has 3 nitrogen and oxygen atoms in total. The van der Waals surface area contributed by atoms with Crippen LogP contribution in [0.3, 0.4) is 0 Å². The maximum Gasteiger partial charge on any atom is 0.114 e. The number of nitriles is 1. The first-order chi connectivity index (χ1) is 10.1. The van der Waals surface area contributed by atoms with Crippen LogP contribution >= 0.6 is 0 Å². The summed E-state index contributed by atoms with van der Waals surface area (Å²) in [7, 11) is 2.01. The number of nitrogens with zero attached hydrogens (tertiary/aromatic N) is 3. The molecule has 104 valence electrons. The molecule has 3 heteroatoms. The number of benzene rings is 2. The normalized spacial score (nSPS) is 10.8. The van der Waals surface area contributed by atoms with E-state index in [1.54, 1.807) is 0 Å². The minimum atomic E-state index is 0.670. The topological polar surface area (TPSA) is 41.6 Å². The second kappa shape index (κ2) is 5.06. The van der Waals surface area contributed by atoms with Gasteiger partial charge in [0, 0.05) is 13.5 Å². The number of imidazole rings is 1. The van der Waals surface area contributed by atoms with Crippen molar-refractivity contribution >= 4 is 11.0 Å². The number of rotatable bonds is 2. The van der Waals surface area contributed by atoms with Crippen molar-refractivity contribution in [3.63, 3.8) is 0 Å². The van der Waals surface area contributed by atoms with Crippen LogP contribution in [0.5, 0.6) is 0 Å². The fourth-order valence-electron chi connectivity index (χ4n) is 2.56. The number of hydrogen-bond acceptors (Lipinski definition) is 2. The molecule has 0 aliphatic heterocycles. The highest BCUT2D eigenvalue weighted by Gasteiger charge is 2.09. The van der Waals surface area contributed by atoms with Crippen LogP contribution in [0.25, 0.3) is 11.0 Å². The Labute approximate surface area is 124 Å². The molecule has 0 N–H and O–H groups in total. The Morgan fingerprint density at radius 2 is 1.90 bits per heavy atom. The molecule has 0 bridgehead atoms. The Hall–Kier alpha value is -2.60. The molecule has 0 radical (unpaired) electrons. The molecule has 1 heterocycles. The largest absolute Gasteiger partial charge is 0.331 e. The van der Waals surface area contributed by atoms with E-state index < -0.39 is 0 Å². The molecule has 1 aromatic heterocycles. The molecule has 3 aromatic rings. The molecular formula is C18H17N3. The zero-order valence-corrected chi connectivity index (χ0v) is 12.5. The number of hydrogen-bond donors (Lipinski definition) is 0. The van der Waals surface area contributed by atoms with E-state index in [1.165, 1.54) is 16.7 Å². The van der Waals surface area contributed by atoms with Crippen LogP contribution in [0.1, 0.15) is 28.1 Å². The Morgan fingerprint density at radius 1 is 1.10 bits per heavy atom. The van der Waals surface area contributed by atoms with E-state index in [4.69, 9.17) is 5.26 Å². The fourth-order valence-corrected chi connectivity index (χ4v) is 2.56. The van der Waals surface area contributed by atoms with Gasteiger partial charge in [0.15, 0.2) is 0 Å². The predicted octanol–water partition coefficient (Wildman–Crippen LogP) is 3.65. The molecule has 21 heavy (non-hydrogen) atoms. The van der Waals surface area contributed by atoms with Crippen molar-refractivity contribution in [3.05, 3.63) is 64.5 Å². The maximum absolute atomic E-state index is 9.01. The van der Waals surface area contributed by atoms with Crippen LogP contribution in [0, 0.1) is 25.2 Å². The summed E-state index contributed by atoms with van der Waals surface area (Å²) in [5, 5.41) is 9.01. The van der Waals surface area contributed by atoms with Crippen LogP contribution < -0.4 is 0 Å². The Balaban J connectivity index is 2.02. The van der Waals surface area contributed by atoms with Crippen LogP contribution in [-0.2, 0) is 13.5 Å². The second-order valence-corrected chi connectivity index (χ2v) is 5.50. The minimum absolute atomic E-state index is 0.670. The smallest absolute Gasteiger partial charge is 0.114 e. The highest BCUT2D eigenvalue weighted by molar-refractivity contribution is 5.77. The van der Waals surface area contributed by atoms with Crippen LogP contribution in [-0.4, -0.2) is 9.55 Å². The molecule has 0 aliphatic carbocycles. The van der Waals surface area contributed by atoms with Gasteiger partial charge in [0.1, 0.15) is 5.82 Å². The van der Waals surface area contributed by atoms with E-state index >= 15 is 0 Å². The second-order valence-electron chi connectivity index (χ2n) is 5.50. The molecule has 0 saturated heterocycles. The van der Waals surface area contributed by atoms with Crippen molar-refractivity contribution in [1.82, 2.24) is 9.55 Å². The van der Waals surface area contributed by atoms with Crippen molar-refractivity contribution in [2.24, 2.45) is 7.05 Å². The molecule has 2 aromatic carbocycles. The third kappa shape index (κ3) is 2.41.